The summed E-state index contributed by atoms with van der Waals surface area (Å²) in [4.78, 5) is 26.1. The molecule has 0 bridgehead atoms. The molecule has 3 rings (SSSR count). The zero-order valence-corrected chi connectivity index (χ0v) is 11.4. The molecule has 21 heavy (non-hydrogen) atoms. The molecular weight excluding hydrogens is 272 g/mol. The van der Waals surface area contributed by atoms with E-state index in [2.05, 4.69) is 10.1 Å². The van der Waals surface area contributed by atoms with Gasteiger partial charge in [-0.25, -0.2) is 9.59 Å². The summed E-state index contributed by atoms with van der Waals surface area (Å²) in [6, 6.07) is 6.69. The van der Waals surface area contributed by atoms with Gasteiger partial charge in [-0.15, -0.1) is 0 Å². The van der Waals surface area contributed by atoms with Gasteiger partial charge in [-0.05, 0) is 18.2 Å². The summed E-state index contributed by atoms with van der Waals surface area (Å²) in [7, 11) is 1.83. The van der Waals surface area contributed by atoms with Crippen LogP contribution in [0.4, 0.5) is 0 Å². The molecule has 2 heterocycles. The quantitative estimate of drug-likeness (QED) is 0.748. The number of hydrogen-bond acceptors (Lipinski definition) is 3. The second-order valence-corrected chi connectivity index (χ2v) is 4.78. The molecule has 0 aliphatic heterocycles. The fourth-order valence-electron chi connectivity index (χ4n) is 2.48. The summed E-state index contributed by atoms with van der Waals surface area (Å²) < 4.78 is 3.20. The van der Waals surface area contributed by atoms with Crippen molar-refractivity contribution >= 4 is 17.0 Å². The predicted molar refractivity (Wildman–Crippen MR) is 76.4 cm³/mol. The van der Waals surface area contributed by atoms with Crippen molar-refractivity contribution in [3.05, 3.63) is 52.2 Å². The molecule has 0 radical (unpaired) electrons. The molecule has 108 valence electrons. The lowest BCUT2D eigenvalue weighted by molar-refractivity contribution is 0.0698. The van der Waals surface area contributed by atoms with Crippen LogP contribution in [0.25, 0.3) is 11.0 Å². The number of nitrogens with zero attached hydrogens (tertiary/aromatic N) is 3. The first kappa shape index (κ1) is 13.2. The first-order chi connectivity index (χ1) is 10.1. The van der Waals surface area contributed by atoms with Gasteiger partial charge < -0.3 is 10.1 Å². The van der Waals surface area contributed by atoms with Crippen molar-refractivity contribution in [2.45, 2.75) is 13.0 Å². The smallest absolute Gasteiger partial charge is 0.337 e. The van der Waals surface area contributed by atoms with Gasteiger partial charge in [0.05, 0.1) is 16.6 Å². The number of aromatic carboxylic acids is 1. The van der Waals surface area contributed by atoms with Crippen molar-refractivity contribution in [2.24, 2.45) is 7.05 Å². The molecule has 7 heteroatoms. The molecule has 0 aliphatic rings. The summed E-state index contributed by atoms with van der Waals surface area (Å²) >= 11 is 0. The Hall–Kier alpha value is -2.83. The maximum Gasteiger partial charge on any atom is 0.337 e. The number of nitrogens with one attached hydrogen (secondary N) is 1. The van der Waals surface area contributed by atoms with Crippen molar-refractivity contribution in [2.75, 3.05) is 0 Å². The van der Waals surface area contributed by atoms with Crippen LogP contribution in [-0.4, -0.2) is 30.4 Å². The highest BCUT2D eigenvalue weighted by Gasteiger charge is 2.15. The standard InChI is InChI=1S/C14H14N4O3/c1-17-9(5-7-15-17)6-8-18-12-10(13(19)20)3-2-4-11(12)16-14(18)21/h2-5,7H,6,8H2,1H3,(H,16,21)(H,19,20). The van der Waals surface area contributed by atoms with Crippen LogP contribution in [0, 0.1) is 0 Å². The van der Waals surface area contributed by atoms with Crippen molar-refractivity contribution < 1.29 is 9.90 Å². The van der Waals surface area contributed by atoms with E-state index in [-0.39, 0.29) is 11.3 Å². The topological polar surface area (TPSA) is 92.9 Å². The SMILES string of the molecule is Cn1nccc1CCn1c(=O)[nH]c2cccc(C(=O)O)c21. The molecule has 1 aromatic carbocycles. The lowest BCUT2D eigenvalue weighted by Gasteiger charge is -2.06. The first-order valence-corrected chi connectivity index (χ1v) is 6.49. The number of imidazole rings is 1. The minimum absolute atomic E-state index is 0.121. The summed E-state index contributed by atoms with van der Waals surface area (Å²) in [6.07, 6.45) is 2.29. The number of H-pyrrole nitrogens is 1. The van der Waals surface area contributed by atoms with Crippen LogP contribution in [-0.2, 0) is 20.0 Å². The number of carbonyl (C=O) groups is 1. The number of para-hydroxylation sites is 1. The van der Waals surface area contributed by atoms with Gasteiger partial charge in [-0.3, -0.25) is 9.25 Å². The average molecular weight is 286 g/mol. The Morgan fingerprint density at radius 2 is 2.19 bits per heavy atom. The van der Waals surface area contributed by atoms with Gasteiger partial charge in [0.2, 0.25) is 0 Å². The van der Waals surface area contributed by atoms with E-state index < -0.39 is 5.97 Å². The maximum absolute atomic E-state index is 12.0. The van der Waals surface area contributed by atoms with Crippen LogP contribution in [0.5, 0.6) is 0 Å². The highest BCUT2D eigenvalue weighted by Crippen LogP contribution is 2.16. The van der Waals surface area contributed by atoms with E-state index in [4.69, 9.17) is 0 Å². The summed E-state index contributed by atoms with van der Waals surface area (Å²) in [6.45, 7) is 0.392. The van der Waals surface area contributed by atoms with Gasteiger partial charge in [-0.2, -0.15) is 5.10 Å². The molecular formula is C14H14N4O3. The van der Waals surface area contributed by atoms with E-state index in [1.165, 1.54) is 10.6 Å². The van der Waals surface area contributed by atoms with Crippen LogP contribution in [0.1, 0.15) is 16.1 Å². The first-order valence-electron chi connectivity index (χ1n) is 6.49. The predicted octanol–water partition coefficient (Wildman–Crippen LogP) is 1.00. The summed E-state index contributed by atoms with van der Waals surface area (Å²) in [5, 5.41) is 13.3. The number of hydrogen-bond donors (Lipinski definition) is 2. The van der Waals surface area contributed by atoms with Gasteiger partial charge >= 0.3 is 11.7 Å². The molecule has 7 nitrogen and oxygen atoms in total. The monoisotopic (exact) mass is 286 g/mol. The summed E-state index contributed by atoms with van der Waals surface area (Å²) in [5.74, 6) is -1.05. The third kappa shape index (κ3) is 2.22. The van der Waals surface area contributed by atoms with Gasteiger partial charge in [0.25, 0.3) is 0 Å². The number of aromatic nitrogens is 4. The second kappa shape index (κ2) is 4.93. The van der Waals surface area contributed by atoms with E-state index in [1.54, 1.807) is 23.0 Å². The average Bonchev–Trinajstić information content (AvgIpc) is 2.99. The van der Waals surface area contributed by atoms with Crippen molar-refractivity contribution in [1.29, 1.82) is 0 Å². The fraction of sp³-hybridized carbons (Fsp3) is 0.214. The van der Waals surface area contributed by atoms with Gasteiger partial charge in [0.15, 0.2) is 0 Å². The van der Waals surface area contributed by atoms with Crippen LogP contribution >= 0.6 is 0 Å². The number of fused-ring (bicyclic) bond motifs is 1. The van der Waals surface area contributed by atoms with Crippen LogP contribution < -0.4 is 5.69 Å². The highest BCUT2D eigenvalue weighted by atomic mass is 16.4. The number of rotatable bonds is 4. The molecule has 2 aromatic heterocycles. The fourth-order valence-corrected chi connectivity index (χ4v) is 2.48. The van der Waals surface area contributed by atoms with Crippen LogP contribution in [0.2, 0.25) is 0 Å². The molecule has 0 fully saturated rings. The number of aryl methyl sites for hydroxylation is 3. The van der Waals surface area contributed by atoms with Crippen molar-refractivity contribution in [3.8, 4) is 0 Å². The number of carboxylic acids is 1. The maximum atomic E-state index is 12.0. The van der Waals surface area contributed by atoms with E-state index in [0.717, 1.165) is 5.69 Å². The minimum Gasteiger partial charge on any atom is -0.478 e. The molecule has 0 unspecified atom stereocenters. The normalized spacial score (nSPS) is 11.1. The molecule has 0 amide bonds. The van der Waals surface area contributed by atoms with E-state index >= 15 is 0 Å². The summed E-state index contributed by atoms with van der Waals surface area (Å²) in [5.41, 5.74) is 1.75. The lowest BCUT2D eigenvalue weighted by atomic mass is 10.2. The Labute approximate surface area is 119 Å². The molecule has 0 aliphatic carbocycles. The Bertz CT molecular complexity index is 872. The van der Waals surface area contributed by atoms with E-state index in [9.17, 15) is 14.7 Å². The molecule has 2 N–H and O–H groups in total. The van der Waals surface area contributed by atoms with Crippen LogP contribution in [0.3, 0.4) is 0 Å². The van der Waals surface area contributed by atoms with Gasteiger partial charge in [0.1, 0.15) is 0 Å². The molecule has 0 saturated carbocycles. The number of carboxylic acid groups (broad SMARTS) is 1. The Kier molecular flexibility index (Phi) is 3.09. The third-order valence-corrected chi connectivity index (χ3v) is 3.54. The van der Waals surface area contributed by atoms with Crippen LogP contribution in [0.15, 0.2) is 35.3 Å². The third-order valence-electron chi connectivity index (χ3n) is 3.54. The number of aromatic amines is 1. The lowest BCUT2D eigenvalue weighted by Crippen LogP contribution is -2.19. The van der Waals surface area contributed by atoms with Crippen molar-refractivity contribution in [1.82, 2.24) is 19.3 Å². The Balaban J connectivity index is 2.05. The Morgan fingerprint density at radius 1 is 1.38 bits per heavy atom. The minimum atomic E-state index is -1.05. The highest BCUT2D eigenvalue weighted by molar-refractivity contribution is 6.01. The molecule has 3 aromatic rings. The van der Waals surface area contributed by atoms with E-state index in [0.29, 0.717) is 24.0 Å². The van der Waals surface area contributed by atoms with Crippen molar-refractivity contribution in [3.63, 3.8) is 0 Å². The molecule has 0 spiro atoms. The Morgan fingerprint density at radius 3 is 2.86 bits per heavy atom. The zero-order valence-electron chi connectivity index (χ0n) is 11.4. The van der Waals surface area contributed by atoms with Gasteiger partial charge in [0, 0.05) is 31.9 Å². The van der Waals surface area contributed by atoms with E-state index in [1.807, 2.05) is 13.1 Å². The number of benzene rings is 1. The zero-order chi connectivity index (χ0) is 15.0. The molecule has 0 atom stereocenters. The second-order valence-electron chi connectivity index (χ2n) is 4.78. The van der Waals surface area contributed by atoms with Gasteiger partial charge in [-0.1, -0.05) is 6.07 Å². The molecule has 0 saturated heterocycles. The largest absolute Gasteiger partial charge is 0.478 e.